The van der Waals surface area contributed by atoms with Crippen molar-refractivity contribution in [3.05, 3.63) is 47.1 Å². The van der Waals surface area contributed by atoms with E-state index in [1.165, 1.54) is 18.0 Å². The zero-order valence-corrected chi connectivity index (χ0v) is 14.1. The predicted molar refractivity (Wildman–Crippen MR) is 94.0 cm³/mol. The maximum absolute atomic E-state index is 12.3. The lowest BCUT2D eigenvalue weighted by molar-refractivity contribution is -0.115. The van der Waals surface area contributed by atoms with Crippen LogP contribution in [-0.4, -0.2) is 26.1 Å². The van der Waals surface area contributed by atoms with Crippen molar-refractivity contribution in [3.8, 4) is 6.07 Å². The molecule has 0 radical (unpaired) electrons. The molecule has 2 aromatic heterocycles. The van der Waals surface area contributed by atoms with Crippen molar-refractivity contribution in [3.63, 3.8) is 0 Å². The lowest BCUT2D eigenvalue weighted by Gasteiger charge is -2.11. The second kappa shape index (κ2) is 6.91. The van der Waals surface area contributed by atoms with Crippen LogP contribution in [0, 0.1) is 11.3 Å². The molecule has 0 saturated carbocycles. The van der Waals surface area contributed by atoms with Crippen molar-refractivity contribution in [2.75, 3.05) is 5.32 Å². The van der Waals surface area contributed by atoms with Gasteiger partial charge in [0.1, 0.15) is 6.07 Å². The summed E-state index contributed by atoms with van der Waals surface area (Å²) >= 11 is 7.17. The first-order valence-corrected chi connectivity index (χ1v) is 8.30. The lowest BCUT2D eigenvalue weighted by Crippen LogP contribution is -2.23. The third kappa shape index (κ3) is 3.50. The number of rotatable bonds is 4. The number of thioether (sulfide) groups is 1. The van der Waals surface area contributed by atoms with Crippen LogP contribution in [0.2, 0.25) is 5.02 Å². The average molecular weight is 358 g/mol. The fourth-order valence-corrected chi connectivity index (χ4v) is 3.02. The minimum Gasteiger partial charge on any atom is -0.331 e. The van der Waals surface area contributed by atoms with Gasteiger partial charge in [0.15, 0.2) is 10.8 Å². The Hall–Kier alpha value is -2.56. The SMILES string of the molecule is C[C@@H](Sc1nc2ncc(Cl)cc2[nH]1)C(=O)Nc1ccccc1C#N. The molecule has 2 heterocycles. The second-order valence-electron chi connectivity index (χ2n) is 4.97. The highest BCUT2D eigenvalue weighted by Crippen LogP contribution is 2.25. The number of aromatic amines is 1. The number of fused-ring (bicyclic) bond motifs is 1. The van der Waals surface area contributed by atoms with E-state index in [2.05, 4.69) is 26.3 Å². The summed E-state index contributed by atoms with van der Waals surface area (Å²) in [7, 11) is 0. The first-order chi connectivity index (χ1) is 11.6. The molecule has 0 fully saturated rings. The zero-order valence-electron chi connectivity index (χ0n) is 12.6. The van der Waals surface area contributed by atoms with Gasteiger partial charge >= 0.3 is 0 Å². The van der Waals surface area contributed by atoms with Crippen molar-refractivity contribution in [2.45, 2.75) is 17.3 Å². The molecular formula is C16H12ClN5OS. The van der Waals surface area contributed by atoms with Crippen LogP contribution in [0.15, 0.2) is 41.7 Å². The topological polar surface area (TPSA) is 94.5 Å². The van der Waals surface area contributed by atoms with Crippen LogP contribution in [0.1, 0.15) is 12.5 Å². The van der Waals surface area contributed by atoms with Crippen LogP contribution < -0.4 is 5.32 Å². The fraction of sp³-hybridized carbons (Fsp3) is 0.125. The number of carbonyl (C=O) groups excluding carboxylic acids is 1. The molecule has 2 N–H and O–H groups in total. The van der Waals surface area contributed by atoms with Gasteiger partial charge in [0.25, 0.3) is 0 Å². The summed E-state index contributed by atoms with van der Waals surface area (Å²) in [5.41, 5.74) is 2.18. The van der Waals surface area contributed by atoms with Crippen LogP contribution in [0.3, 0.4) is 0 Å². The van der Waals surface area contributed by atoms with E-state index in [0.717, 1.165) is 0 Å². The minimum atomic E-state index is -0.409. The number of hydrogen-bond acceptors (Lipinski definition) is 5. The molecule has 0 spiro atoms. The monoisotopic (exact) mass is 357 g/mol. The number of aromatic nitrogens is 3. The van der Waals surface area contributed by atoms with Gasteiger partial charge in [-0.1, -0.05) is 35.5 Å². The van der Waals surface area contributed by atoms with E-state index in [4.69, 9.17) is 16.9 Å². The third-order valence-corrected chi connectivity index (χ3v) is 4.44. The van der Waals surface area contributed by atoms with Crippen molar-refractivity contribution in [1.82, 2.24) is 15.0 Å². The third-order valence-electron chi connectivity index (χ3n) is 3.25. The van der Waals surface area contributed by atoms with E-state index in [-0.39, 0.29) is 5.91 Å². The Morgan fingerprint density at radius 3 is 3.04 bits per heavy atom. The quantitative estimate of drug-likeness (QED) is 0.695. The van der Waals surface area contributed by atoms with E-state index in [0.29, 0.717) is 32.6 Å². The van der Waals surface area contributed by atoms with Crippen LogP contribution in [0.4, 0.5) is 5.69 Å². The molecule has 0 aliphatic carbocycles. The zero-order chi connectivity index (χ0) is 17.1. The number of nitrogens with zero attached hydrogens (tertiary/aromatic N) is 3. The predicted octanol–water partition coefficient (Wildman–Crippen LogP) is 3.60. The second-order valence-corrected chi connectivity index (χ2v) is 6.74. The molecule has 0 aliphatic rings. The van der Waals surface area contributed by atoms with E-state index in [1.54, 1.807) is 37.3 Å². The smallest absolute Gasteiger partial charge is 0.237 e. The molecule has 1 atom stereocenters. The van der Waals surface area contributed by atoms with Gasteiger partial charge in [-0.05, 0) is 25.1 Å². The molecule has 8 heteroatoms. The number of pyridine rings is 1. The van der Waals surface area contributed by atoms with E-state index in [9.17, 15) is 4.79 Å². The fourth-order valence-electron chi connectivity index (χ4n) is 2.05. The van der Waals surface area contributed by atoms with Crippen LogP contribution >= 0.6 is 23.4 Å². The molecule has 3 aromatic rings. The molecule has 0 unspecified atom stereocenters. The number of H-pyrrole nitrogens is 1. The Morgan fingerprint density at radius 1 is 1.46 bits per heavy atom. The van der Waals surface area contributed by atoms with E-state index >= 15 is 0 Å². The van der Waals surface area contributed by atoms with Crippen LogP contribution in [-0.2, 0) is 4.79 Å². The standard InChI is InChI=1S/C16H12ClN5OS/c1-9(15(23)20-12-5-3-2-4-10(12)7-18)24-16-21-13-6-11(17)8-19-14(13)22-16/h2-6,8-9H,1H3,(H,20,23)(H,19,21,22)/t9-/m1/s1. The number of amides is 1. The number of para-hydroxylation sites is 1. The highest BCUT2D eigenvalue weighted by Gasteiger charge is 2.18. The maximum atomic E-state index is 12.3. The number of hydrogen-bond donors (Lipinski definition) is 2. The molecule has 0 aliphatic heterocycles. The van der Waals surface area contributed by atoms with Crippen LogP contribution in [0.25, 0.3) is 11.2 Å². The first kappa shape index (κ1) is 16.3. The van der Waals surface area contributed by atoms with Crippen molar-refractivity contribution < 1.29 is 4.79 Å². The van der Waals surface area contributed by atoms with Gasteiger partial charge in [0, 0.05) is 6.20 Å². The number of benzene rings is 1. The Morgan fingerprint density at radius 2 is 2.25 bits per heavy atom. The van der Waals surface area contributed by atoms with Gasteiger partial charge in [-0.15, -0.1) is 0 Å². The molecule has 0 bridgehead atoms. The summed E-state index contributed by atoms with van der Waals surface area (Å²) in [6, 6.07) is 10.6. The van der Waals surface area contributed by atoms with Gasteiger partial charge < -0.3 is 10.3 Å². The number of imidazole rings is 1. The summed E-state index contributed by atoms with van der Waals surface area (Å²) in [6.07, 6.45) is 1.52. The van der Waals surface area contributed by atoms with Gasteiger partial charge in [-0.2, -0.15) is 5.26 Å². The molecule has 1 aromatic carbocycles. The summed E-state index contributed by atoms with van der Waals surface area (Å²) < 4.78 is 0. The number of anilines is 1. The highest BCUT2D eigenvalue weighted by molar-refractivity contribution is 8.00. The van der Waals surface area contributed by atoms with Gasteiger partial charge in [0.05, 0.1) is 27.0 Å². The Labute approximate surface area is 147 Å². The molecule has 3 rings (SSSR count). The van der Waals surface area contributed by atoms with Crippen molar-refractivity contribution in [2.24, 2.45) is 0 Å². The van der Waals surface area contributed by atoms with Gasteiger partial charge in [-0.25, -0.2) is 9.97 Å². The molecule has 120 valence electrons. The summed E-state index contributed by atoms with van der Waals surface area (Å²) in [5, 5.41) is 12.5. The minimum absolute atomic E-state index is 0.214. The normalized spacial score (nSPS) is 11.9. The average Bonchev–Trinajstić information content (AvgIpc) is 2.96. The van der Waals surface area contributed by atoms with E-state index < -0.39 is 5.25 Å². The lowest BCUT2D eigenvalue weighted by atomic mass is 10.2. The van der Waals surface area contributed by atoms with Crippen molar-refractivity contribution in [1.29, 1.82) is 5.26 Å². The van der Waals surface area contributed by atoms with Crippen LogP contribution in [0.5, 0.6) is 0 Å². The van der Waals surface area contributed by atoms with E-state index in [1.807, 2.05) is 0 Å². The maximum Gasteiger partial charge on any atom is 0.237 e. The summed E-state index contributed by atoms with van der Waals surface area (Å²) in [4.78, 5) is 23.9. The first-order valence-electron chi connectivity index (χ1n) is 7.04. The molecule has 0 saturated heterocycles. The molecular weight excluding hydrogens is 346 g/mol. The molecule has 6 nitrogen and oxygen atoms in total. The summed E-state index contributed by atoms with van der Waals surface area (Å²) in [6.45, 7) is 1.77. The number of nitriles is 1. The summed E-state index contributed by atoms with van der Waals surface area (Å²) in [5.74, 6) is -0.214. The van der Waals surface area contributed by atoms with Crippen molar-refractivity contribution >= 4 is 46.1 Å². The van der Waals surface area contributed by atoms with Gasteiger partial charge in [-0.3, -0.25) is 4.79 Å². The number of nitrogens with one attached hydrogen (secondary N) is 2. The highest BCUT2D eigenvalue weighted by atomic mass is 35.5. The molecule has 1 amide bonds. The Kier molecular flexibility index (Phi) is 4.69. The van der Waals surface area contributed by atoms with Gasteiger partial charge in [0.2, 0.25) is 5.91 Å². The largest absolute Gasteiger partial charge is 0.331 e. The number of carbonyl (C=O) groups is 1. The Balaban J connectivity index is 1.72. The Bertz CT molecular complexity index is 949. The molecule has 24 heavy (non-hydrogen) atoms. The number of halogens is 1.